The van der Waals surface area contributed by atoms with E-state index in [2.05, 4.69) is 5.32 Å². The summed E-state index contributed by atoms with van der Waals surface area (Å²) in [6, 6.07) is 5.69. The Morgan fingerprint density at radius 1 is 1.40 bits per heavy atom. The number of rotatable bonds is 3. The molecule has 3 nitrogen and oxygen atoms in total. The highest BCUT2D eigenvalue weighted by molar-refractivity contribution is 6.33. The van der Waals surface area contributed by atoms with E-state index in [-0.39, 0.29) is 24.4 Å². The van der Waals surface area contributed by atoms with Crippen molar-refractivity contribution in [2.24, 2.45) is 11.7 Å². The Hall–Kier alpha value is -0.770. The average Bonchev–Trinajstić information content (AvgIpc) is 2.39. The lowest BCUT2D eigenvalue weighted by molar-refractivity contribution is 0.0908. The minimum Gasteiger partial charge on any atom is -0.349 e. The molecule has 0 bridgehead atoms. The first-order chi connectivity index (χ1) is 9.11. The number of carbonyl (C=O) groups is 1. The lowest BCUT2D eigenvalue weighted by atomic mass is 9.84. The maximum absolute atomic E-state index is 12.3. The van der Waals surface area contributed by atoms with E-state index in [1.807, 2.05) is 19.1 Å². The summed E-state index contributed by atoms with van der Waals surface area (Å²) >= 11 is 6.13. The van der Waals surface area contributed by atoms with Crippen molar-refractivity contribution in [2.75, 3.05) is 6.54 Å². The fraction of sp³-hybridized carbons (Fsp3) is 0.533. The molecule has 2 unspecified atom stereocenters. The van der Waals surface area contributed by atoms with Crippen LogP contribution >= 0.6 is 24.0 Å². The van der Waals surface area contributed by atoms with E-state index >= 15 is 0 Å². The van der Waals surface area contributed by atoms with E-state index in [0.717, 1.165) is 24.8 Å². The Morgan fingerprint density at radius 2 is 2.10 bits per heavy atom. The van der Waals surface area contributed by atoms with Crippen molar-refractivity contribution in [1.29, 1.82) is 0 Å². The molecular formula is C15H22Cl2N2O. The van der Waals surface area contributed by atoms with Crippen LogP contribution in [0, 0.1) is 12.8 Å². The number of aryl methyl sites for hydroxylation is 1. The monoisotopic (exact) mass is 316 g/mol. The molecule has 1 fully saturated rings. The predicted molar refractivity (Wildman–Crippen MR) is 85.7 cm³/mol. The molecule has 0 aromatic heterocycles. The van der Waals surface area contributed by atoms with Gasteiger partial charge >= 0.3 is 0 Å². The van der Waals surface area contributed by atoms with Crippen LogP contribution in [0.3, 0.4) is 0 Å². The number of amides is 1. The molecule has 5 heteroatoms. The van der Waals surface area contributed by atoms with Crippen LogP contribution < -0.4 is 11.1 Å². The first-order valence-corrected chi connectivity index (χ1v) is 7.26. The van der Waals surface area contributed by atoms with Gasteiger partial charge in [0.15, 0.2) is 0 Å². The minimum absolute atomic E-state index is 0. The SMILES string of the molecule is Cc1ccc(C(=O)NC2CCCCC2CN)c(Cl)c1.Cl. The molecule has 112 valence electrons. The highest BCUT2D eigenvalue weighted by Gasteiger charge is 2.26. The molecule has 1 aliphatic rings. The summed E-state index contributed by atoms with van der Waals surface area (Å²) in [5.41, 5.74) is 7.38. The number of hydrogen-bond acceptors (Lipinski definition) is 2. The first-order valence-electron chi connectivity index (χ1n) is 6.89. The number of carbonyl (C=O) groups excluding carboxylic acids is 1. The van der Waals surface area contributed by atoms with Crippen molar-refractivity contribution in [1.82, 2.24) is 5.32 Å². The van der Waals surface area contributed by atoms with Gasteiger partial charge in [-0.3, -0.25) is 4.79 Å². The zero-order chi connectivity index (χ0) is 13.8. The smallest absolute Gasteiger partial charge is 0.253 e. The van der Waals surface area contributed by atoms with Crippen molar-refractivity contribution in [3.05, 3.63) is 34.3 Å². The highest BCUT2D eigenvalue weighted by atomic mass is 35.5. The molecule has 2 rings (SSSR count). The molecule has 1 aliphatic carbocycles. The standard InChI is InChI=1S/C15H21ClN2O.ClH/c1-10-6-7-12(13(16)8-10)15(19)18-14-5-3-2-4-11(14)9-17;/h6-8,11,14H,2-5,9,17H2,1H3,(H,18,19);1H. The van der Waals surface area contributed by atoms with Crippen LogP contribution in [0.1, 0.15) is 41.6 Å². The van der Waals surface area contributed by atoms with Crippen molar-refractivity contribution >= 4 is 29.9 Å². The largest absolute Gasteiger partial charge is 0.349 e. The molecule has 1 amide bonds. The second-order valence-corrected chi connectivity index (χ2v) is 5.75. The van der Waals surface area contributed by atoms with Crippen molar-refractivity contribution in [3.63, 3.8) is 0 Å². The van der Waals surface area contributed by atoms with E-state index in [1.165, 1.54) is 6.42 Å². The number of nitrogens with one attached hydrogen (secondary N) is 1. The fourth-order valence-corrected chi connectivity index (χ4v) is 3.05. The topological polar surface area (TPSA) is 55.1 Å². The van der Waals surface area contributed by atoms with E-state index in [1.54, 1.807) is 6.07 Å². The third-order valence-electron chi connectivity index (χ3n) is 3.90. The van der Waals surface area contributed by atoms with Crippen LogP contribution in [0.15, 0.2) is 18.2 Å². The normalized spacial score (nSPS) is 21.9. The number of nitrogens with two attached hydrogens (primary N) is 1. The van der Waals surface area contributed by atoms with E-state index < -0.39 is 0 Å². The second kappa shape index (κ2) is 7.87. The molecule has 3 N–H and O–H groups in total. The van der Waals surface area contributed by atoms with Gasteiger partial charge in [-0.2, -0.15) is 0 Å². The van der Waals surface area contributed by atoms with Gasteiger partial charge in [-0.05, 0) is 49.9 Å². The van der Waals surface area contributed by atoms with Gasteiger partial charge in [0.1, 0.15) is 0 Å². The zero-order valence-corrected chi connectivity index (χ0v) is 13.3. The van der Waals surface area contributed by atoms with Crippen LogP contribution in [0.2, 0.25) is 5.02 Å². The average molecular weight is 317 g/mol. The number of benzene rings is 1. The van der Waals surface area contributed by atoms with Crippen LogP contribution in [-0.2, 0) is 0 Å². The van der Waals surface area contributed by atoms with Crippen molar-refractivity contribution in [2.45, 2.75) is 38.6 Å². The molecule has 1 aromatic rings. The first kappa shape index (κ1) is 17.3. The Balaban J connectivity index is 0.00000200. The fourth-order valence-electron chi connectivity index (χ4n) is 2.73. The molecule has 1 aromatic carbocycles. The van der Waals surface area contributed by atoms with E-state index in [9.17, 15) is 4.79 Å². The van der Waals surface area contributed by atoms with Gasteiger partial charge < -0.3 is 11.1 Å². The highest BCUT2D eigenvalue weighted by Crippen LogP contribution is 2.24. The van der Waals surface area contributed by atoms with E-state index in [4.69, 9.17) is 17.3 Å². The lowest BCUT2D eigenvalue weighted by Gasteiger charge is -2.31. The maximum atomic E-state index is 12.3. The van der Waals surface area contributed by atoms with Gasteiger partial charge in [0, 0.05) is 6.04 Å². The third-order valence-corrected chi connectivity index (χ3v) is 4.21. The molecule has 0 saturated heterocycles. The van der Waals surface area contributed by atoms with Crippen LogP contribution in [0.25, 0.3) is 0 Å². The molecular weight excluding hydrogens is 295 g/mol. The van der Waals surface area contributed by atoms with E-state index in [0.29, 0.717) is 23.0 Å². The van der Waals surface area contributed by atoms with Gasteiger partial charge in [-0.15, -0.1) is 12.4 Å². The molecule has 20 heavy (non-hydrogen) atoms. The number of halogens is 2. The summed E-state index contributed by atoms with van der Waals surface area (Å²) in [5, 5.41) is 3.60. The molecule has 0 heterocycles. The summed E-state index contributed by atoms with van der Waals surface area (Å²) in [7, 11) is 0. The van der Waals surface area contributed by atoms with Gasteiger partial charge in [-0.25, -0.2) is 0 Å². The molecule has 2 atom stereocenters. The molecule has 0 spiro atoms. The second-order valence-electron chi connectivity index (χ2n) is 5.34. The van der Waals surface area contributed by atoms with Crippen LogP contribution in [0.5, 0.6) is 0 Å². The lowest BCUT2D eigenvalue weighted by Crippen LogP contribution is -2.44. The summed E-state index contributed by atoms with van der Waals surface area (Å²) < 4.78 is 0. The minimum atomic E-state index is -0.0876. The van der Waals surface area contributed by atoms with Gasteiger partial charge in [0.05, 0.1) is 10.6 Å². The third kappa shape index (κ3) is 4.11. The Kier molecular flexibility index (Phi) is 6.80. The summed E-state index contributed by atoms with van der Waals surface area (Å²) in [6.07, 6.45) is 4.47. The van der Waals surface area contributed by atoms with Crippen molar-refractivity contribution in [3.8, 4) is 0 Å². The summed E-state index contributed by atoms with van der Waals surface area (Å²) in [4.78, 5) is 12.3. The van der Waals surface area contributed by atoms with Crippen LogP contribution in [0.4, 0.5) is 0 Å². The molecule has 0 radical (unpaired) electrons. The van der Waals surface area contributed by atoms with Crippen LogP contribution in [-0.4, -0.2) is 18.5 Å². The quantitative estimate of drug-likeness (QED) is 0.898. The number of hydrogen-bond donors (Lipinski definition) is 2. The maximum Gasteiger partial charge on any atom is 0.253 e. The van der Waals surface area contributed by atoms with Crippen molar-refractivity contribution < 1.29 is 4.79 Å². The summed E-state index contributed by atoms with van der Waals surface area (Å²) in [6.45, 7) is 2.59. The Morgan fingerprint density at radius 3 is 2.75 bits per heavy atom. The molecule has 1 saturated carbocycles. The van der Waals surface area contributed by atoms with Gasteiger partial charge in [0.25, 0.3) is 5.91 Å². The molecule has 0 aliphatic heterocycles. The predicted octanol–water partition coefficient (Wildman–Crippen LogP) is 3.32. The van der Waals surface area contributed by atoms with Gasteiger partial charge in [0.2, 0.25) is 0 Å². The summed E-state index contributed by atoms with van der Waals surface area (Å²) in [5.74, 6) is 0.303. The Bertz CT molecular complexity index is 465. The Labute approximate surface area is 131 Å². The van der Waals surface area contributed by atoms with Gasteiger partial charge in [-0.1, -0.05) is 30.5 Å². The zero-order valence-electron chi connectivity index (χ0n) is 11.7.